The summed E-state index contributed by atoms with van der Waals surface area (Å²) in [5, 5.41) is 13.1. The number of nitrogens with one attached hydrogen (secondary N) is 1. The van der Waals surface area contributed by atoms with Gasteiger partial charge in [-0.15, -0.1) is 0 Å². The average Bonchev–Trinajstić information content (AvgIpc) is 3.26. The lowest BCUT2D eigenvalue weighted by Gasteiger charge is -2.26. The van der Waals surface area contributed by atoms with Crippen LogP contribution < -0.4 is 10.2 Å². The third kappa shape index (κ3) is 3.91. The van der Waals surface area contributed by atoms with Crippen LogP contribution in [0.5, 0.6) is 0 Å². The van der Waals surface area contributed by atoms with Gasteiger partial charge in [-0.2, -0.15) is 0 Å². The highest BCUT2D eigenvalue weighted by molar-refractivity contribution is 6.39. The van der Waals surface area contributed by atoms with Crippen LogP contribution in [0.25, 0.3) is 17.4 Å². The van der Waals surface area contributed by atoms with Crippen molar-refractivity contribution in [2.24, 2.45) is 0 Å². The molecule has 160 valence electrons. The molecule has 4 rings (SSSR count). The summed E-state index contributed by atoms with van der Waals surface area (Å²) in [5.41, 5.74) is 1.47. The van der Waals surface area contributed by atoms with Gasteiger partial charge >= 0.3 is 6.03 Å². The first-order valence-electron chi connectivity index (χ1n) is 9.72. The van der Waals surface area contributed by atoms with E-state index in [-0.39, 0.29) is 17.0 Å². The Morgan fingerprint density at radius 1 is 1.06 bits per heavy atom. The number of nitrogens with zero attached hydrogens (tertiary/aromatic N) is 2. The van der Waals surface area contributed by atoms with Crippen LogP contribution in [-0.4, -0.2) is 22.8 Å². The van der Waals surface area contributed by atoms with Crippen molar-refractivity contribution in [2.45, 2.75) is 13.3 Å². The molecule has 32 heavy (non-hydrogen) atoms. The molecular weight excluding hydrogens is 414 g/mol. The Labute approximate surface area is 182 Å². The zero-order chi connectivity index (χ0) is 22.8. The van der Waals surface area contributed by atoms with Crippen molar-refractivity contribution in [1.82, 2.24) is 5.32 Å². The molecule has 0 radical (unpaired) electrons. The molecule has 2 heterocycles. The van der Waals surface area contributed by atoms with Gasteiger partial charge in [-0.1, -0.05) is 31.2 Å². The number of imide groups is 2. The van der Waals surface area contributed by atoms with E-state index in [9.17, 15) is 24.5 Å². The van der Waals surface area contributed by atoms with Crippen LogP contribution in [0.3, 0.4) is 0 Å². The van der Waals surface area contributed by atoms with Gasteiger partial charge in [-0.25, -0.2) is 9.69 Å². The first kappa shape index (κ1) is 20.7. The van der Waals surface area contributed by atoms with Crippen molar-refractivity contribution >= 4 is 35.3 Å². The fourth-order valence-corrected chi connectivity index (χ4v) is 3.27. The minimum atomic E-state index is -0.838. The third-order valence-electron chi connectivity index (χ3n) is 4.96. The van der Waals surface area contributed by atoms with Crippen molar-refractivity contribution in [3.05, 3.63) is 87.7 Å². The maximum Gasteiger partial charge on any atom is 0.335 e. The Morgan fingerprint density at radius 2 is 1.81 bits per heavy atom. The van der Waals surface area contributed by atoms with E-state index in [1.165, 1.54) is 30.3 Å². The molecule has 4 amide bonds. The summed E-state index contributed by atoms with van der Waals surface area (Å²) in [7, 11) is 0. The Hall–Kier alpha value is -4.53. The number of hydrogen-bond acceptors (Lipinski definition) is 6. The number of nitro benzene ring substituents is 1. The van der Waals surface area contributed by atoms with Gasteiger partial charge in [-0.05, 0) is 42.3 Å². The molecule has 9 nitrogen and oxygen atoms in total. The zero-order valence-electron chi connectivity index (χ0n) is 16.9. The molecule has 0 saturated carbocycles. The number of aryl methyl sites for hydroxylation is 1. The molecule has 1 fully saturated rings. The lowest BCUT2D eigenvalue weighted by Crippen LogP contribution is -2.54. The fourth-order valence-electron chi connectivity index (χ4n) is 3.27. The number of benzene rings is 2. The summed E-state index contributed by atoms with van der Waals surface area (Å²) in [4.78, 5) is 49.0. The number of nitro groups is 1. The number of carbonyl (C=O) groups excluding carboxylic acids is 3. The molecule has 1 saturated heterocycles. The largest absolute Gasteiger partial charge is 0.457 e. The van der Waals surface area contributed by atoms with E-state index in [0.717, 1.165) is 16.9 Å². The number of amides is 4. The molecule has 3 aromatic rings. The molecule has 0 bridgehead atoms. The molecule has 9 heteroatoms. The van der Waals surface area contributed by atoms with Crippen molar-refractivity contribution in [3.63, 3.8) is 0 Å². The van der Waals surface area contributed by atoms with Gasteiger partial charge in [0.25, 0.3) is 17.5 Å². The number of barbiturate groups is 1. The number of hydrogen-bond donors (Lipinski definition) is 1. The number of urea groups is 1. The first-order valence-corrected chi connectivity index (χ1v) is 9.72. The molecule has 1 aromatic heterocycles. The van der Waals surface area contributed by atoms with Crippen LogP contribution in [0.15, 0.2) is 70.7 Å². The Bertz CT molecular complexity index is 1270. The SMILES string of the molecule is CCc1ccc(N2C(=O)NC(=O)/C(=C/c3ccc(-c4cccc([N+](=O)[O-])c4)o3)C2=O)cc1. The molecule has 0 aliphatic carbocycles. The van der Waals surface area contributed by atoms with E-state index in [2.05, 4.69) is 5.32 Å². The van der Waals surface area contributed by atoms with E-state index in [0.29, 0.717) is 17.0 Å². The Morgan fingerprint density at radius 3 is 2.50 bits per heavy atom. The van der Waals surface area contributed by atoms with E-state index in [4.69, 9.17) is 4.42 Å². The van der Waals surface area contributed by atoms with Crippen molar-refractivity contribution in [2.75, 3.05) is 4.90 Å². The van der Waals surface area contributed by atoms with Crippen molar-refractivity contribution in [3.8, 4) is 11.3 Å². The lowest BCUT2D eigenvalue weighted by atomic mass is 10.1. The van der Waals surface area contributed by atoms with Crippen LogP contribution in [0.1, 0.15) is 18.2 Å². The minimum absolute atomic E-state index is 0.0936. The fraction of sp³-hybridized carbons (Fsp3) is 0.0870. The predicted octanol–water partition coefficient (Wildman–Crippen LogP) is 4.08. The summed E-state index contributed by atoms with van der Waals surface area (Å²) in [5.74, 6) is -1.11. The van der Waals surface area contributed by atoms with Crippen LogP contribution >= 0.6 is 0 Å². The predicted molar refractivity (Wildman–Crippen MR) is 116 cm³/mol. The van der Waals surface area contributed by atoms with Crippen LogP contribution in [0, 0.1) is 10.1 Å². The zero-order valence-corrected chi connectivity index (χ0v) is 16.9. The second-order valence-electron chi connectivity index (χ2n) is 6.99. The molecule has 1 aliphatic heterocycles. The number of non-ortho nitro benzene ring substituents is 1. The Kier molecular flexibility index (Phi) is 5.38. The molecular formula is C23H17N3O6. The van der Waals surface area contributed by atoms with Gasteiger partial charge in [0.2, 0.25) is 0 Å². The van der Waals surface area contributed by atoms with E-state index >= 15 is 0 Å². The van der Waals surface area contributed by atoms with Gasteiger partial charge in [0, 0.05) is 17.7 Å². The van der Waals surface area contributed by atoms with Crippen molar-refractivity contribution < 1.29 is 23.7 Å². The van der Waals surface area contributed by atoms with Crippen LogP contribution in [-0.2, 0) is 16.0 Å². The maximum atomic E-state index is 13.0. The van der Waals surface area contributed by atoms with Gasteiger partial charge in [0.15, 0.2) is 0 Å². The smallest absolute Gasteiger partial charge is 0.335 e. The standard InChI is InChI=1S/C23H17N3O6/c1-2-14-6-8-16(9-7-14)25-22(28)19(21(27)24-23(25)29)13-18-10-11-20(32-18)15-4-3-5-17(12-15)26(30)31/h3-13H,2H2,1H3,(H,24,27,29)/b19-13-. The highest BCUT2D eigenvalue weighted by Crippen LogP contribution is 2.28. The summed E-state index contributed by atoms with van der Waals surface area (Å²) < 4.78 is 5.67. The van der Waals surface area contributed by atoms with Gasteiger partial charge in [0.1, 0.15) is 17.1 Å². The second kappa shape index (κ2) is 8.31. The Balaban J connectivity index is 1.65. The number of furan rings is 1. The third-order valence-corrected chi connectivity index (χ3v) is 4.96. The van der Waals surface area contributed by atoms with E-state index in [1.54, 1.807) is 36.4 Å². The highest BCUT2D eigenvalue weighted by atomic mass is 16.6. The summed E-state index contributed by atoms with van der Waals surface area (Å²) >= 11 is 0. The number of rotatable bonds is 5. The summed E-state index contributed by atoms with van der Waals surface area (Å²) in [6.45, 7) is 1.98. The van der Waals surface area contributed by atoms with Crippen LogP contribution in [0.2, 0.25) is 0 Å². The van der Waals surface area contributed by atoms with Gasteiger partial charge in [0.05, 0.1) is 10.6 Å². The minimum Gasteiger partial charge on any atom is -0.457 e. The number of carbonyl (C=O) groups is 3. The normalized spacial score (nSPS) is 15.2. The lowest BCUT2D eigenvalue weighted by molar-refractivity contribution is -0.384. The molecule has 1 N–H and O–H groups in total. The molecule has 2 aromatic carbocycles. The molecule has 1 aliphatic rings. The molecule has 0 spiro atoms. The monoisotopic (exact) mass is 431 g/mol. The molecule has 0 unspecified atom stereocenters. The second-order valence-corrected chi connectivity index (χ2v) is 6.99. The maximum absolute atomic E-state index is 13.0. The summed E-state index contributed by atoms with van der Waals surface area (Å²) in [6, 6.07) is 15.0. The number of anilines is 1. The first-order chi connectivity index (χ1) is 15.4. The van der Waals surface area contributed by atoms with Crippen molar-refractivity contribution in [1.29, 1.82) is 0 Å². The summed E-state index contributed by atoms with van der Waals surface area (Å²) in [6.07, 6.45) is 2.04. The highest BCUT2D eigenvalue weighted by Gasteiger charge is 2.37. The topological polar surface area (TPSA) is 123 Å². The van der Waals surface area contributed by atoms with E-state index in [1.807, 2.05) is 6.92 Å². The van der Waals surface area contributed by atoms with Gasteiger partial charge < -0.3 is 4.42 Å². The van der Waals surface area contributed by atoms with Crippen LogP contribution in [0.4, 0.5) is 16.2 Å². The quantitative estimate of drug-likeness (QED) is 0.281. The average molecular weight is 431 g/mol. The van der Waals surface area contributed by atoms with Gasteiger partial charge in [-0.3, -0.25) is 25.0 Å². The molecule has 0 atom stereocenters. The van der Waals surface area contributed by atoms with E-state index < -0.39 is 22.8 Å².